The molecule has 0 saturated heterocycles. The number of fused-ring (bicyclic) bond motifs is 1. The third-order valence-corrected chi connectivity index (χ3v) is 8.68. The summed E-state index contributed by atoms with van der Waals surface area (Å²) in [6.45, 7) is 5.06. The van der Waals surface area contributed by atoms with Gasteiger partial charge in [0.05, 0.1) is 5.75 Å². The molecule has 0 aliphatic heterocycles. The topological polar surface area (TPSA) is 46.2 Å². The van der Waals surface area contributed by atoms with Gasteiger partial charge in [-0.3, -0.25) is 0 Å². The van der Waals surface area contributed by atoms with E-state index in [1.807, 2.05) is 19.1 Å². The molecule has 2 atom stereocenters. The van der Waals surface area contributed by atoms with Gasteiger partial charge < -0.3 is 5.32 Å². The van der Waals surface area contributed by atoms with Crippen LogP contribution < -0.4 is 5.32 Å². The Kier molecular flexibility index (Phi) is 9.00. The summed E-state index contributed by atoms with van der Waals surface area (Å²) >= 11 is 6.50. The molecule has 5 heteroatoms. The van der Waals surface area contributed by atoms with Crippen LogP contribution >= 0.6 is 11.6 Å². The van der Waals surface area contributed by atoms with Crippen molar-refractivity contribution >= 4 is 21.4 Å². The highest BCUT2D eigenvalue weighted by Gasteiger charge is 2.29. The van der Waals surface area contributed by atoms with E-state index in [4.69, 9.17) is 11.6 Å². The van der Waals surface area contributed by atoms with Gasteiger partial charge in [-0.2, -0.15) is 0 Å². The van der Waals surface area contributed by atoms with Crippen LogP contribution in [0.3, 0.4) is 0 Å². The van der Waals surface area contributed by atoms with Crippen LogP contribution in [0.1, 0.15) is 67.7 Å². The number of likely N-dealkylation sites (N-methyl/N-ethyl adjacent to an activating group) is 1. The molecule has 0 fully saturated rings. The van der Waals surface area contributed by atoms with Crippen LogP contribution in [0.25, 0.3) is 0 Å². The fourth-order valence-corrected chi connectivity index (χ4v) is 6.51. The predicted molar refractivity (Wildman–Crippen MR) is 132 cm³/mol. The molecule has 2 aromatic carbocycles. The Bertz CT molecular complexity index is 958. The third-order valence-electron chi connectivity index (χ3n) is 6.37. The van der Waals surface area contributed by atoms with Gasteiger partial charge >= 0.3 is 0 Å². The van der Waals surface area contributed by atoms with Crippen molar-refractivity contribution < 1.29 is 8.42 Å². The van der Waals surface area contributed by atoms with E-state index in [-0.39, 0.29) is 0 Å². The molecule has 0 aromatic heterocycles. The second-order valence-electron chi connectivity index (χ2n) is 8.75. The molecule has 0 radical (unpaired) electrons. The number of nitrogens with one attached hydrogen (secondary N) is 1. The zero-order chi connectivity index (χ0) is 22.3. The van der Waals surface area contributed by atoms with Gasteiger partial charge in [-0.15, -0.1) is 0 Å². The Morgan fingerprint density at radius 3 is 2.61 bits per heavy atom. The first-order chi connectivity index (χ1) is 14.9. The second-order valence-corrected chi connectivity index (χ2v) is 11.5. The summed E-state index contributed by atoms with van der Waals surface area (Å²) in [7, 11) is -2.88. The summed E-state index contributed by atoms with van der Waals surface area (Å²) in [5, 5.41) is 4.55. The molecular weight excluding hydrogens is 426 g/mol. The van der Waals surface area contributed by atoms with Crippen molar-refractivity contribution in [3.8, 4) is 0 Å². The molecule has 0 heterocycles. The van der Waals surface area contributed by atoms with Crippen molar-refractivity contribution in [3.05, 3.63) is 69.7 Å². The minimum Gasteiger partial charge on any atom is -0.314 e. The van der Waals surface area contributed by atoms with Gasteiger partial charge in [0.2, 0.25) is 0 Å². The Balaban J connectivity index is 1.74. The van der Waals surface area contributed by atoms with Crippen LogP contribution in [0.2, 0.25) is 5.02 Å². The van der Waals surface area contributed by atoms with Gasteiger partial charge in [0.15, 0.2) is 0 Å². The molecule has 0 spiro atoms. The van der Waals surface area contributed by atoms with Crippen LogP contribution in [0.5, 0.6) is 0 Å². The Labute approximate surface area is 193 Å². The van der Waals surface area contributed by atoms with Crippen LogP contribution in [-0.2, 0) is 29.1 Å². The minimum absolute atomic E-state index is 0.307. The van der Waals surface area contributed by atoms with Gasteiger partial charge in [0.25, 0.3) is 0 Å². The number of hydrogen-bond donors (Lipinski definition) is 1. The molecule has 1 aliphatic carbocycles. The summed E-state index contributed by atoms with van der Waals surface area (Å²) < 4.78 is 23.9. The maximum absolute atomic E-state index is 12.0. The van der Waals surface area contributed by atoms with Gasteiger partial charge in [-0.05, 0) is 79.8 Å². The normalized spacial score (nSPS) is 18.7. The quantitative estimate of drug-likeness (QED) is 0.434. The van der Waals surface area contributed by atoms with E-state index in [0.717, 1.165) is 50.1 Å². The van der Waals surface area contributed by atoms with Gasteiger partial charge in [-0.1, -0.05) is 61.8 Å². The number of sulfone groups is 1. The minimum atomic E-state index is -2.88. The Morgan fingerprint density at radius 2 is 1.87 bits per heavy atom. The highest BCUT2D eigenvalue weighted by Crippen LogP contribution is 2.36. The first-order valence-corrected chi connectivity index (χ1v) is 13.9. The Morgan fingerprint density at radius 1 is 1.06 bits per heavy atom. The van der Waals surface area contributed by atoms with Gasteiger partial charge in [-0.25, -0.2) is 8.42 Å². The van der Waals surface area contributed by atoms with Crippen LogP contribution in [0.4, 0.5) is 0 Å². The van der Waals surface area contributed by atoms with Crippen molar-refractivity contribution in [2.24, 2.45) is 0 Å². The monoisotopic (exact) mass is 461 g/mol. The fourth-order valence-electron chi connectivity index (χ4n) is 4.83. The summed E-state index contributed by atoms with van der Waals surface area (Å²) in [5.74, 6) is 1.01. The molecule has 3 nitrogen and oxygen atoms in total. The van der Waals surface area contributed by atoms with Crippen molar-refractivity contribution in [2.75, 3.05) is 18.1 Å². The molecular formula is C26H36ClNO2S. The molecule has 31 heavy (non-hydrogen) atoms. The molecule has 0 amide bonds. The molecule has 0 saturated carbocycles. The number of hydrogen-bond acceptors (Lipinski definition) is 3. The van der Waals surface area contributed by atoms with E-state index in [1.165, 1.54) is 22.3 Å². The summed E-state index contributed by atoms with van der Waals surface area (Å²) in [6.07, 6.45) is 6.46. The average molecular weight is 462 g/mol. The lowest BCUT2D eigenvalue weighted by Crippen LogP contribution is -2.39. The lowest BCUT2D eigenvalue weighted by Gasteiger charge is -2.35. The number of benzene rings is 2. The zero-order valence-electron chi connectivity index (χ0n) is 18.9. The number of aryl methyl sites for hydroxylation is 2. The molecule has 3 rings (SSSR count). The van der Waals surface area contributed by atoms with Crippen LogP contribution in [-0.4, -0.2) is 32.5 Å². The van der Waals surface area contributed by atoms with Gasteiger partial charge in [0, 0.05) is 22.7 Å². The van der Waals surface area contributed by atoms with E-state index >= 15 is 0 Å². The van der Waals surface area contributed by atoms with Crippen molar-refractivity contribution in [2.45, 2.75) is 70.8 Å². The largest absolute Gasteiger partial charge is 0.314 e. The Hall–Kier alpha value is -1.36. The molecule has 1 N–H and O–H groups in total. The summed E-state index contributed by atoms with van der Waals surface area (Å²) in [4.78, 5) is 0. The highest BCUT2D eigenvalue weighted by atomic mass is 35.5. The summed E-state index contributed by atoms with van der Waals surface area (Å²) in [6, 6.07) is 15.5. The van der Waals surface area contributed by atoms with Crippen LogP contribution in [0, 0.1) is 0 Å². The second kappa shape index (κ2) is 11.5. The van der Waals surface area contributed by atoms with E-state index in [0.29, 0.717) is 29.9 Å². The predicted octanol–water partition coefficient (Wildman–Crippen LogP) is 5.74. The van der Waals surface area contributed by atoms with Crippen molar-refractivity contribution in [3.63, 3.8) is 0 Å². The average Bonchev–Trinajstić information content (AvgIpc) is 2.74. The van der Waals surface area contributed by atoms with E-state index in [2.05, 4.69) is 42.6 Å². The van der Waals surface area contributed by atoms with E-state index < -0.39 is 9.84 Å². The van der Waals surface area contributed by atoms with E-state index in [9.17, 15) is 8.42 Å². The van der Waals surface area contributed by atoms with Gasteiger partial charge in [0.1, 0.15) is 9.84 Å². The zero-order valence-corrected chi connectivity index (χ0v) is 20.4. The smallest absolute Gasteiger partial charge is 0.150 e. The first-order valence-electron chi connectivity index (χ1n) is 11.7. The van der Waals surface area contributed by atoms with Crippen molar-refractivity contribution in [1.82, 2.24) is 5.32 Å². The lowest BCUT2D eigenvalue weighted by molar-refractivity contribution is 0.392. The molecule has 2 aromatic rings. The maximum atomic E-state index is 12.0. The summed E-state index contributed by atoms with van der Waals surface area (Å²) in [5.41, 5.74) is 5.40. The maximum Gasteiger partial charge on any atom is 0.150 e. The number of rotatable bonds is 11. The molecule has 170 valence electrons. The fraction of sp³-hybridized carbons (Fsp3) is 0.538. The van der Waals surface area contributed by atoms with Crippen LogP contribution in [0.15, 0.2) is 42.5 Å². The molecule has 0 bridgehead atoms. The SMILES string of the molecule is CCCS(=O)(=O)CCCCc1ccc2c(c1)C(Cc1ccccc1Cl)C(NCC)CC2. The van der Waals surface area contributed by atoms with Crippen molar-refractivity contribution in [1.29, 1.82) is 0 Å². The number of halogens is 1. The highest BCUT2D eigenvalue weighted by molar-refractivity contribution is 7.91. The van der Waals surface area contributed by atoms with E-state index in [1.54, 1.807) is 0 Å². The molecule has 1 aliphatic rings. The first kappa shape index (κ1) is 24.3. The third kappa shape index (κ3) is 6.81. The standard InChI is InChI=1S/C26H36ClNO2S/c1-3-16-31(29,30)17-8-7-9-20-12-13-21-14-15-26(28-4-2)24(23(21)18-20)19-22-10-5-6-11-25(22)27/h5-6,10-13,18,24,26,28H,3-4,7-9,14-17,19H2,1-2H3. The number of unbranched alkanes of at least 4 members (excludes halogenated alkanes) is 1. The molecule has 2 unspecified atom stereocenters. The lowest BCUT2D eigenvalue weighted by atomic mass is 9.75.